The monoisotopic (exact) mass is 296 g/mol. The van der Waals surface area contributed by atoms with Gasteiger partial charge >= 0.3 is 5.95 Å². The van der Waals surface area contributed by atoms with Crippen LogP contribution in [0.25, 0.3) is 0 Å². The molecule has 0 atom stereocenters. The number of aromatic nitrogens is 4. The van der Waals surface area contributed by atoms with E-state index >= 15 is 0 Å². The van der Waals surface area contributed by atoms with Gasteiger partial charge in [-0.2, -0.15) is 0 Å². The zero-order chi connectivity index (χ0) is 13.8. The normalized spacial score (nSPS) is 11.2. The highest BCUT2D eigenvalue weighted by molar-refractivity contribution is 5.54. The van der Waals surface area contributed by atoms with E-state index in [0.29, 0.717) is 0 Å². The van der Waals surface area contributed by atoms with Crippen molar-refractivity contribution in [1.29, 1.82) is 0 Å². The molecule has 0 aliphatic rings. The lowest BCUT2D eigenvalue weighted by molar-refractivity contribution is -0.657. The Morgan fingerprint density at radius 3 is 2.25 bits per heavy atom. The molecule has 0 bridgehead atoms. The Balaban J connectivity index is 0.00000200. The first-order valence-corrected chi connectivity index (χ1v) is 5.75. The van der Waals surface area contributed by atoms with E-state index in [9.17, 15) is 0 Å². The first kappa shape index (κ1) is 15.8. The van der Waals surface area contributed by atoms with Gasteiger partial charge in [0.2, 0.25) is 5.62 Å². The van der Waals surface area contributed by atoms with Crippen LogP contribution in [-0.2, 0) is 28.2 Å². The molecule has 0 fully saturated rings. The second kappa shape index (κ2) is 6.80. The molecule has 0 N–H and O–H groups in total. The fourth-order valence-corrected chi connectivity index (χ4v) is 1.62. The van der Waals surface area contributed by atoms with Crippen LogP contribution in [-0.4, -0.2) is 20.0 Å². The molecule has 2 heterocycles. The summed E-state index contributed by atoms with van der Waals surface area (Å²) in [4.78, 5) is 0. The highest BCUT2D eigenvalue weighted by Gasteiger charge is 2.09. The summed E-state index contributed by atoms with van der Waals surface area (Å²) >= 11 is 0. The average molecular weight is 297 g/mol. The van der Waals surface area contributed by atoms with Crippen LogP contribution in [0.15, 0.2) is 45.2 Å². The maximum Gasteiger partial charge on any atom is 0.421 e. The molecular weight excluding hydrogens is 280 g/mol. The fourth-order valence-electron chi connectivity index (χ4n) is 1.62. The van der Waals surface area contributed by atoms with Crippen molar-refractivity contribution in [3.63, 3.8) is 0 Å². The summed E-state index contributed by atoms with van der Waals surface area (Å²) in [6.07, 6.45) is 8.93. The van der Waals surface area contributed by atoms with Crippen molar-refractivity contribution in [3.8, 4) is 0 Å². The zero-order valence-corrected chi connectivity index (χ0v) is 12.6. The van der Waals surface area contributed by atoms with Crippen LogP contribution in [0, 0.1) is 0 Å². The third-order valence-electron chi connectivity index (χ3n) is 2.69. The van der Waals surface area contributed by atoms with E-state index in [-0.39, 0.29) is 12.4 Å². The number of hydrogen-bond donors (Lipinski definition) is 0. The van der Waals surface area contributed by atoms with E-state index in [4.69, 9.17) is 0 Å². The van der Waals surface area contributed by atoms with Crippen molar-refractivity contribution in [2.75, 3.05) is 0 Å². The van der Waals surface area contributed by atoms with E-state index < -0.39 is 0 Å². The van der Waals surface area contributed by atoms with Crippen LogP contribution in [0.2, 0.25) is 0 Å². The lowest BCUT2D eigenvalue weighted by Crippen LogP contribution is -3.00. The summed E-state index contributed by atoms with van der Waals surface area (Å²) in [7, 11) is 7.61. The summed E-state index contributed by atoms with van der Waals surface area (Å²) in [6.45, 7) is 0. The third-order valence-corrected chi connectivity index (χ3v) is 2.69. The molecule has 9 heteroatoms. The molecule has 0 aliphatic heterocycles. The van der Waals surface area contributed by atoms with Crippen LogP contribution >= 0.6 is 0 Å². The highest BCUT2D eigenvalue weighted by Crippen LogP contribution is 2.02. The molecule has 0 aliphatic carbocycles. The third kappa shape index (κ3) is 3.41. The van der Waals surface area contributed by atoms with Crippen LogP contribution in [0.3, 0.4) is 0 Å². The summed E-state index contributed by atoms with van der Waals surface area (Å²) in [5, 5.41) is 15.9. The van der Waals surface area contributed by atoms with Gasteiger partial charge in [0.05, 0.1) is 26.5 Å². The molecule has 0 saturated heterocycles. The van der Waals surface area contributed by atoms with Gasteiger partial charge in [-0.15, -0.1) is 10.2 Å². The minimum atomic E-state index is 0. The van der Waals surface area contributed by atoms with Crippen molar-refractivity contribution in [3.05, 3.63) is 30.4 Å². The molecule has 2 aromatic rings. The van der Waals surface area contributed by atoms with Gasteiger partial charge in [-0.1, -0.05) is 5.11 Å². The number of halogens is 1. The fraction of sp³-hybridized carbons (Fsp3) is 0.364. The van der Waals surface area contributed by atoms with Crippen molar-refractivity contribution >= 4 is 12.3 Å². The summed E-state index contributed by atoms with van der Waals surface area (Å²) < 4.78 is 7.47. The second-order valence-corrected chi connectivity index (χ2v) is 4.19. The molecule has 2 aromatic heterocycles. The van der Waals surface area contributed by atoms with Gasteiger partial charge in [0.25, 0.3) is 0 Å². The van der Waals surface area contributed by atoms with Gasteiger partial charge in [-0.05, 0) is 0 Å². The van der Waals surface area contributed by atoms with Crippen molar-refractivity contribution in [1.82, 2.24) is 13.7 Å². The molecule has 0 amide bonds. The first-order chi connectivity index (χ1) is 9.09. The number of rotatable bonds is 3. The van der Waals surface area contributed by atoms with E-state index in [1.165, 1.54) is 6.34 Å². The zero-order valence-electron chi connectivity index (χ0n) is 11.8. The summed E-state index contributed by atoms with van der Waals surface area (Å²) in [5.41, 5.74) is 0.732. The molecular formula is C11H17ClN8. The molecule has 0 unspecified atom stereocenters. The van der Waals surface area contributed by atoms with E-state index in [1.807, 2.05) is 71.2 Å². The van der Waals surface area contributed by atoms with E-state index in [1.54, 1.807) is 0 Å². The molecule has 0 aromatic carbocycles. The van der Waals surface area contributed by atoms with Gasteiger partial charge in [-0.3, -0.25) is 0 Å². The van der Waals surface area contributed by atoms with Crippen LogP contribution in [0.4, 0.5) is 5.95 Å². The SMILES string of the molecule is Cn1cc[n+](C)c1N=N/C=N/N=c1n(C)ccn1C.[Cl-]. The van der Waals surface area contributed by atoms with Crippen LogP contribution in [0.5, 0.6) is 0 Å². The maximum absolute atomic E-state index is 4.06. The standard InChI is InChI=1S/C11H17N8.ClH/c1-16-5-6-17(2)10(16)14-12-9-13-15-11-18(3)7-8-19(11)4;/h5-9H,1-4H3;1H/q+1;/p-1. The van der Waals surface area contributed by atoms with Gasteiger partial charge in [0.1, 0.15) is 0 Å². The number of nitrogens with zero attached hydrogens (tertiary/aromatic N) is 8. The van der Waals surface area contributed by atoms with Crippen molar-refractivity contribution < 1.29 is 17.0 Å². The largest absolute Gasteiger partial charge is 1.00 e. The lowest BCUT2D eigenvalue weighted by Gasteiger charge is -1.89. The van der Waals surface area contributed by atoms with Crippen LogP contribution in [0.1, 0.15) is 0 Å². The number of hydrogen-bond acceptors (Lipinski definition) is 3. The van der Waals surface area contributed by atoms with Gasteiger partial charge in [0.15, 0.2) is 6.34 Å². The Morgan fingerprint density at radius 1 is 1.05 bits per heavy atom. The predicted octanol–water partition coefficient (Wildman–Crippen LogP) is -2.84. The second-order valence-electron chi connectivity index (χ2n) is 4.19. The van der Waals surface area contributed by atoms with Gasteiger partial charge < -0.3 is 21.5 Å². The molecule has 20 heavy (non-hydrogen) atoms. The van der Waals surface area contributed by atoms with Gasteiger partial charge in [-0.25, -0.2) is 9.13 Å². The smallest absolute Gasteiger partial charge is 0.421 e. The van der Waals surface area contributed by atoms with E-state index in [0.717, 1.165) is 11.6 Å². The number of aryl methyl sites for hydroxylation is 4. The molecule has 108 valence electrons. The Hall–Kier alpha value is -2.22. The Bertz CT molecular complexity index is 646. The molecule has 0 radical (unpaired) electrons. The Kier molecular flexibility index (Phi) is 5.39. The Morgan fingerprint density at radius 2 is 1.70 bits per heavy atom. The predicted molar refractivity (Wildman–Crippen MR) is 69.5 cm³/mol. The summed E-state index contributed by atoms with van der Waals surface area (Å²) in [5.74, 6) is 0.732. The molecule has 0 saturated carbocycles. The lowest BCUT2D eigenvalue weighted by atomic mass is 10.9. The maximum atomic E-state index is 4.06. The topological polar surface area (TPSA) is 68.1 Å². The number of azo groups is 1. The van der Waals surface area contributed by atoms with Crippen LogP contribution < -0.4 is 22.6 Å². The molecule has 2 rings (SSSR count). The van der Waals surface area contributed by atoms with Crippen molar-refractivity contribution in [2.45, 2.75) is 0 Å². The number of imidazole rings is 2. The highest BCUT2D eigenvalue weighted by atomic mass is 35.5. The van der Waals surface area contributed by atoms with Gasteiger partial charge in [0, 0.05) is 31.6 Å². The van der Waals surface area contributed by atoms with Crippen molar-refractivity contribution in [2.24, 2.45) is 48.6 Å². The molecule has 0 spiro atoms. The quantitative estimate of drug-likeness (QED) is 0.193. The minimum Gasteiger partial charge on any atom is -1.00 e. The molecule has 8 nitrogen and oxygen atoms in total. The first-order valence-electron chi connectivity index (χ1n) is 5.75. The van der Waals surface area contributed by atoms with E-state index in [2.05, 4.69) is 20.4 Å². The summed E-state index contributed by atoms with van der Waals surface area (Å²) in [6, 6.07) is 0. The Labute approximate surface area is 122 Å². The minimum absolute atomic E-state index is 0. The average Bonchev–Trinajstić information content (AvgIpc) is 2.86.